The molecule has 2 amide bonds. The van der Waals surface area contributed by atoms with Gasteiger partial charge in [0.2, 0.25) is 11.8 Å². The van der Waals surface area contributed by atoms with Gasteiger partial charge in [0, 0.05) is 28.4 Å². The molecule has 154 valence electrons. The molecule has 3 N–H and O–H groups in total. The van der Waals surface area contributed by atoms with Crippen molar-refractivity contribution in [2.45, 2.75) is 56.9 Å². The number of nitrogens with two attached hydrogens (primary N) is 1. The molecule has 5 nitrogen and oxygen atoms in total. The molecule has 29 heavy (non-hydrogen) atoms. The summed E-state index contributed by atoms with van der Waals surface area (Å²) in [6.45, 7) is 4.28. The zero-order chi connectivity index (χ0) is 20.8. The molecule has 1 aromatic carbocycles. The number of carbonyl (C=O) groups excluding carboxylic acids is 2. The van der Waals surface area contributed by atoms with Gasteiger partial charge >= 0.3 is 0 Å². The number of hydrogen-bond acceptors (Lipinski definition) is 3. The van der Waals surface area contributed by atoms with Gasteiger partial charge in [-0.25, -0.2) is 0 Å². The first-order valence-corrected chi connectivity index (χ1v) is 11.1. The predicted molar refractivity (Wildman–Crippen MR) is 120 cm³/mol. The van der Waals surface area contributed by atoms with Crippen LogP contribution < -0.4 is 11.1 Å². The molecule has 1 aliphatic carbocycles. The van der Waals surface area contributed by atoms with E-state index in [-0.39, 0.29) is 17.6 Å². The number of carbonyl (C=O) groups is 2. The third-order valence-electron chi connectivity index (χ3n) is 5.39. The molecule has 0 bridgehead atoms. The van der Waals surface area contributed by atoms with Crippen molar-refractivity contribution < 1.29 is 9.59 Å². The third kappa shape index (κ3) is 5.54. The van der Waals surface area contributed by atoms with Crippen LogP contribution in [0.1, 0.15) is 55.1 Å². The smallest absolute Gasteiger partial charge is 0.248 e. The van der Waals surface area contributed by atoms with E-state index in [1.165, 1.54) is 55.3 Å². The highest BCUT2D eigenvalue weighted by Crippen LogP contribution is 2.32. The topological polar surface area (TPSA) is 77.1 Å². The van der Waals surface area contributed by atoms with Gasteiger partial charge in [-0.15, -0.1) is 11.8 Å². The minimum Gasteiger partial charge on any atom is -0.369 e. The molecule has 1 saturated carbocycles. The van der Waals surface area contributed by atoms with Gasteiger partial charge in [-0.2, -0.15) is 0 Å². The summed E-state index contributed by atoms with van der Waals surface area (Å²) in [5.74, 6) is -0.403. The molecule has 1 aromatic heterocycles. The Kier molecular flexibility index (Phi) is 7.20. The first kappa shape index (κ1) is 21.2. The van der Waals surface area contributed by atoms with Gasteiger partial charge in [0.25, 0.3) is 0 Å². The summed E-state index contributed by atoms with van der Waals surface area (Å²) in [4.78, 5) is 24.3. The molecule has 3 rings (SSSR count). The van der Waals surface area contributed by atoms with Crippen LogP contribution in [0.4, 0.5) is 5.69 Å². The van der Waals surface area contributed by atoms with E-state index in [0.29, 0.717) is 11.7 Å². The standard InChI is InChI=1S/C23H29N3O2S/c1-16-14-18(17(2)26(16)19-8-4-3-5-9-19)12-13-23(28)25-20-10-6-7-11-21(20)29-15-22(24)27/h6-7,10-14,19H,3-5,8-9,15H2,1-2H3,(H2,24,27)(H,25,28)/b13-12+. The molecule has 6 heteroatoms. The SMILES string of the molecule is Cc1cc(/C=C/C(=O)Nc2ccccc2SCC(N)=O)c(C)n1C1CCCCC1. The summed E-state index contributed by atoms with van der Waals surface area (Å²) in [7, 11) is 0. The van der Waals surface area contributed by atoms with Crippen molar-refractivity contribution in [3.63, 3.8) is 0 Å². The fourth-order valence-electron chi connectivity index (χ4n) is 4.06. The molecule has 0 atom stereocenters. The Morgan fingerprint density at radius 3 is 2.66 bits per heavy atom. The molecule has 2 aromatic rings. The first-order chi connectivity index (χ1) is 14.0. The number of hydrogen-bond donors (Lipinski definition) is 2. The molecule has 0 saturated heterocycles. The van der Waals surface area contributed by atoms with Gasteiger partial charge in [-0.3, -0.25) is 9.59 Å². The van der Waals surface area contributed by atoms with Gasteiger partial charge in [0.05, 0.1) is 11.4 Å². The minimum atomic E-state index is -0.385. The monoisotopic (exact) mass is 411 g/mol. The van der Waals surface area contributed by atoms with E-state index in [1.807, 2.05) is 30.3 Å². The lowest BCUT2D eigenvalue weighted by molar-refractivity contribution is -0.115. The van der Waals surface area contributed by atoms with E-state index in [9.17, 15) is 9.59 Å². The Balaban J connectivity index is 1.69. The average molecular weight is 412 g/mol. The fraction of sp³-hybridized carbons (Fsp3) is 0.391. The highest BCUT2D eigenvalue weighted by Gasteiger charge is 2.19. The van der Waals surface area contributed by atoms with Crippen LogP contribution in [0.15, 0.2) is 41.3 Å². The molecule has 0 spiro atoms. The van der Waals surface area contributed by atoms with Crippen LogP contribution in [0.2, 0.25) is 0 Å². The number of primary amides is 1. The Bertz CT molecular complexity index is 911. The minimum absolute atomic E-state index is 0.176. The van der Waals surface area contributed by atoms with E-state index in [2.05, 4.69) is 29.8 Å². The van der Waals surface area contributed by atoms with Crippen molar-refractivity contribution in [1.82, 2.24) is 4.57 Å². The van der Waals surface area contributed by atoms with Crippen LogP contribution >= 0.6 is 11.8 Å². The van der Waals surface area contributed by atoms with Gasteiger partial charge < -0.3 is 15.6 Å². The van der Waals surface area contributed by atoms with Gasteiger partial charge in [-0.1, -0.05) is 31.4 Å². The van der Waals surface area contributed by atoms with Crippen LogP contribution in [-0.4, -0.2) is 22.1 Å². The number of anilines is 1. The number of nitrogens with zero attached hydrogens (tertiary/aromatic N) is 1. The highest BCUT2D eigenvalue weighted by molar-refractivity contribution is 8.00. The summed E-state index contributed by atoms with van der Waals surface area (Å²) in [6.07, 6.45) is 9.85. The lowest BCUT2D eigenvalue weighted by Gasteiger charge is -2.26. The van der Waals surface area contributed by atoms with Gasteiger partial charge in [0.1, 0.15) is 0 Å². The maximum atomic E-state index is 12.5. The second-order valence-corrected chi connectivity index (χ2v) is 8.58. The van der Waals surface area contributed by atoms with Crippen molar-refractivity contribution >= 4 is 35.3 Å². The second kappa shape index (κ2) is 9.83. The molecule has 1 fully saturated rings. The van der Waals surface area contributed by atoms with Gasteiger partial charge in [-0.05, 0) is 56.5 Å². The quantitative estimate of drug-likeness (QED) is 0.505. The molecule has 0 aliphatic heterocycles. The number of nitrogens with one attached hydrogen (secondary N) is 1. The van der Waals surface area contributed by atoms with Gasteiger partial charge in [0.15, 0.2) is 0 Å². The van der Waals surface area contributed by atoms with E-state index in [1.54, 1.807) is 6.08 Å². The summed E-state index contributed by atoms with van der Waals surface area (Å²) < 4.78 is 2.44. The molecule has 1 aliphatic rings. The highest BCUT2D eigenvalue weighted by atomic mass is 32.2. The Labute approximate surface area is 176 Å². The van der Waals surface area contributed by atoms with Crippen LogP contribution in [0.25, 0.3) is 6.08 Å². The summed E-state index contributed by atoms with van der Waals surface area (Å²) in [6, 6.07) is 10.1. The molecule has 1 heterocycles. The lowest BCUT2D eigenvalue weighted by atomic mass is 9.95. The normalized spacial score (nSPS) is 15.0. The second-order valence-electron chi connectivity index (χ2n) is 7.56. The van der Waals surface area contributed by atoms with Crippen LogP contribution in [0.5, 0.6) is 0 Å². The number of amides is 2. The number of thioether (sulfide) groups is 1. The maximum Gasteiger partial charge on any atom is 0.248 e. The Morgan fingerprint density at radius 2 is 1.93 bits per heavy atom. The predicted octanol–water partition coefficient (Wildman–Crippen LogP) is 4.84. The number of aryl methyl sites for hydroxylation is 1. The zero-order valence-electron chi connectivity index (χ0n) is 17.1. The van der Waals surface area contributed by atoms with Crippen molar-refractivity contribution in [2.75, 3.05) is 11.1 Å². The van der Waals surface area contributed by atoms with Crippen molar-refractivity contribution in [2.24, 2.45) is 5.73 Å². The molecular formula is C23H29N3O2S. The zero-order valence-corrected chi connectivity index (χ0v) is 17.9. The van der Waals surface area contributed by atoms with Crippen LogP contribution in [-0.2, 0) is 9.59 Å². The third-order valence-corrected chi connectivity index (χ3v) is 6.49. The largest absolute Gasteiger partial charge is 0.369 e. The van der Waals surface area contributed by atoms with Crippen molar-refractivity contribution in [3.05, 3.63) is 53.4 Å². The number of para-hydroxylation sites is 1. The van der Waals surface area contributed by atoms with E-state index in [4.69, 9.17) is 5.73 Å². The molecule has 0 unspecified atom stereocenters. The molecular weight excluding hydrogens is 382 g/mol. The number of benzene rings is 1. The fourth-order valence-corrected chi connectivity index (χ4v) is 4.80. The summed E-state index contributed by atoms with van der Waals surface area (Å²) in [5, 5.41) is 2.90. The lowest BCUT2D eigenvalue weighted by Crippen LogP contribution is -2.15. The maximum absolute atomic E-state index is 12.5. The van der Waals surface area contributed by atoms with E-state index in [0.717, 1.165) is 10.5 Å². The van der Waals surface area contributed by atoms with E-state index < -0.39 is 0 Å². The Hall–Kier alpha value is -2.47. The molecule has 0 radical (unpaired) electrons. The van der Waals surface area contributed by atoms with Crippen molar-refractivity contribution in [3.8, 4) is 0 Å². The van der Waals surface area contributed by atoms with Crippen LogP contribution in [0, 0.1) is 13.8 Å². The van der Waals surface area contributed by atoms with Crippen LogP contribution in [0.3, 0.4) is 0 Å². The number of aromatic nitrogens is 1. The summed E-state index contributed by atoms with van der Waals surface area (Å²) >= 11 is 1.32. The summed E-state index contributed by atoms with van der Waals surface area (Å²) in [5.41, 5.74) is 9.46. The van der Waals surface area contributed by atoms with E-state index >= 15 is 0 Å². The Morgan fingerprint density at radius 1 is 1.21 bits per heavy atom. The van der Waals surface area contributed by atoms with Crippen molar-refractivity contribution in [1.29, 1.82) is 0 Å². The average Bonchev–Trinajstić information content (AvgIpc) is 2.99. The number of rotatable bonds is 7. The first-order valence-electron chi connectivity index (χ1n) is 10.1.